The molecule has 1 heterocycles. The van der Waals surface area contributed by atoms with Crippen LogP contribution in [0.1, 0.15) is 12.5 Å². The van der Waals surface area contributed by atoms with Crippen molar-refractivity contribution in [2.24, 2.45) is 0 Å². The molecule has 1 aliphatic heterocycles. The first kappa shape index (κ1) is 7.22. The number of rotatable bonds is 1. The third kappa shape index (κ3) is 1.28. The normalized spacial score (nSPS) is 21.1. The molecule has 62 valence electrons. The second-order valence-corrected chi connectivity index (χ2v) is 2.82. The molecule has 0 fully saturated rings. The summed E-state index contributed by atoms with van der Waals surface area (Å²) in [7, 11) is 0. The first-order chi connectivity index (χ1) is 5.86. The SMILES string of the molecule is CC1NC(c2ccccc2)=CO1. The number of ether oxygens (including phenoxy) is 1. The Labute approximate surface area is 71.9 Å². The molecule has 1 aromatic rings. The van der Waals surface area contributed by atoms with Gasteiger partial charge in [0.1, 0.15) is 6.26 Å². The first-order valence-corrected chi connectivity index (χ1v) is 4.04. The van der Waals surface area contributed by atoms with E-state index in [-0.39, 0.29) is 6.23 Å². The fourth-order valence-corrected chi connectivity index (χ4v) is 1.23. The maximum atomic E-state index is 5.25. The lowest BCUT2D eigenvalue weighted by atomic mass is 10.2. The van der Waals surface area contributed by atoms with Crippen LogP contribution >= 0.6 is 0 Å². The molecule has 0 saturated carbocycles. The van der Waals surface area contributed by atoms with Gasteiger partial charge in [0.2, 0.25) is 0 Å². The molecule has 1 aliphatic rings. The van der Waals surface area contributed by atoms with Crippen molar-refractivity contribution in [3.05, 3.63) is 42.2 Å². The van der Waals surface area contributed by atoms with Crippen molar-refractivity contribution in [2.75, 3.05) is 0 Å². The summed E-state index contributed by atoms with van der Waals surface area (Å²) in [5.74, 6) is 0. The minimum absolute atomic E-state index is 0.0974. The van der Waals surface area contributed by atoms with Crippen LogP contribution in [0, 0.1) is 0 Å². The maximum absolute atomic E-state index is 5.25. The number of nitrogens with one attached hydrogen (secondary N) is 1. The lowest BCUT2D eigenvalue weighted by molar-refractivity contribution is 0.171. The summed E-state index contributed by atoms with van der Waals surface area (Å²) < 4.78 is 5.25. The van der Waals surface area contributed by atoms with Crippen molar-refractivity contribution in [1.29, 1.82) is 0 Å². The van der Waals surface area contributed by atoms with E-state index in [1.54, 1.807) is 6.26 Å². The van der Waals surface area contributed by atoms with Crippen LogP contribution in [0.25, 0.3) is 5.70 Å². The third-order valence-corrected chi connectivity index (χ3v) is 1.83. The lowest BCUT2D eigenvalue weighted by Crippen LogP contribution is -2.18. The van der Waals surface area contributed by atoms with E-state index < -0.39 is 0 Å². The monoisotopic (exact) mass is 161 g/mol. The molecule has 0 saturated heterocycles. The molecule has 0 amide bonds. The molecular formula is C10H11NO. The second-order valence-electron chi connectivity index (χ2n) is 2.82. The van der Waals surface area contributed by atoms with E-state index in [1.807, 2.05) is 25.1 Å². The highest BCUT2D eigenvalue weighted by Crippen LogP contribution is 2.16. The molecule has 0 spiro atoms. The molecule has 1 unspecified atom stereocenters. The standard InChI is InChI=1S/C10H11NO/c1-8-11-10(7-12-8)9-5-3-2-4-6-9/h2-8,11H,1H3. The number of benzene rings is 1. The van der Waals surface area contributed by atoms with Gasteiger partial charge in [-0.25, -0.2) is 0 Å². The highest BCUT2D eigenvalue weighted by atomic mass is 16.5. The zero-order valence-electron chi connectivity index (χ0n) is 6.95. The quantitative estimate of drug-likeness (QED) is 0.679. The Kier molecular flexibility index (Phi) is 1.74. The molecule has 0 aliphatic carbocycles. The lowest BCUT2D eigenvalue weighted by Gasteiger charge is -2.05. The van der Waals surface area contributed by atoms with Crippen LogP contribution in [0.15, 0.2) is 36.6 Å². The summed E-state index contributed by atoms with van der Waals surface area (Å²) >= 11 is 0. The van der Waals surface area contributed by atoms with Gasteiger partial charge in [-0.3, -0.25) is 0 Å². The molecule has 1 N–H and O–H groups in total. The van der Waals surface area contributed by atoms with Gasteiger partial charge >= 0.3 is 0 Å². The Morgan fingerprint density at radius 1 is 1.25 bits per heavy atom. The van der Waals surface area contributed by atoms with Gasteiger partial charge in [0.25, 0.3) is 0 Å². The highest BCUT2D eigenvalue weighted by molar-refractivity contribution is 5.64. The number of hydrogen-bond donors (Lipinski definition) is 1. The average Bonchev–Trinajstić information content (AvgIpc) is 2.54. The van der Waals surface area contributed by atoms with E-state index in [4.69, 9.17) is 4.74 Å². The van der Waals surface area contributed by atoms with Gasteiger partial charge in [0.05, 0.1) is 5.70 Å². The predicted octanol–water partition coefficient (Wildman–Crippen LogP) is 1.95. The van der Waals surface area contributed by atoms with E-state index in [0.717, 1.165) is 5.70 Å². The Morgan fingerprint density at radius 2 is 2.00 bits per heavy atom. The van der Waals surface area contributed by atoms with E-state index in [0.29, 0.717) is 0 Å². The van der Waals surface area contributed by atoms with Crippen molar-refractivity contribution in [2.45, 2.75) is 13.2 Å². The van der Waals surface area contributed by atoms with Crippen molar-refractivity contribution < 1.29 is 4.74 Å². The van der Waals surface area contributed by atoms with Crippen LogP contribution in [0.5, 0.6) is 0 Å². The average molecular weight is 161 g/mol. The van der Waals surface area contributed by atoms with E-state index in [1.165, 1.54) is 5.56 Å². The molecule has 1 atom stereocenters. The van der Waals surface area contributed by atoms with E-state index >= 15 is 0 Å². The largest absolute Gasteiger partial charge is 0.476 e. The Balaban J connectivity index is 2.22. The van der Waals surface area contributed by atoms with Crippen LogP contribution in [0.4, 0.5) is 0 Å². The Hall–Kier alpha value is -1.44. The zero-order valence-corrected chi connectivity index (χ0v) is 6.95. The summed E-state index contributed by atoms with van der Waals surface area (Å²) in [5.41, 5.74) is 2.23. The van der Waals surface area contributed by atoms with Gasteiger partial charge in [-0.15, -0.1) is 0 Å². The maximum Gasteiger partial charge on any atom is 0.166 e. The van der Waals surface area contributed by atoms with Gasteiger partial charge in [0.15, 0.2) is 6.23 Å². The molecule has 12 heavy (non-hydrogen) atoms. The van der Waals surface area contributed by atoms with Gasteiger partial charge in [-0.05, 0) is 6.92 Å². The summed E-state index contributed by atoms with van der Waals surface area (Å²) in [6, 6.07) is 10.1. The van der Waals surface area contributed by atoms with Gasteiger partial charge in [0, 0.05) is 5.56 Å². The Bertz CT molecular complexity index is 292. The minimum atomic E-state index is 0.0974. The highest BCUT2D eigenvalue weighted by Gasteiger charge is 2.12. The number of hydrogen-bond acceptors (Lipinski definition) is 2. The van der Waals surface area contributed by atoms with Crippen LogP contribution in [-0.4, -0.2) is 6.23 Å². The second kappa shape index (κ2) is 2.89. The zero-order chi connectivity index (χ0) is 8.39. The predicted molar refractivity (Wildman–Crippen MR) is 48.1 cm³/mol. The molecule has 2 nitrogen and oxygen atoms in total. The molecule has 0 aromatic heterocycles. The van der Waals surface area contributed by atoms with Gasteiger partial charge in [-0.1, -0.05) is 30.3 Å². The van der Waals surface area contributed by atoms with Crippen LogP contribution in [0.3, 0.4) is 0 Å². The first-order valence-electron chi connectivity index (χ1n) is 4.04. The summed E-state index contributed by atoms with van der Waals surface area (Å²) in [4.78, 5) is 0. The summed E-state index contributed by atoms with van der Waals surface area (Å²) in [6.07, 6.45) is 1.86. The molecule has 0 radical (unpaired) electrons. The summed E-state index contributed by atoms with van der Waals surface area (Å²) in [5, 5.41) is 3.21. The van der Waals surface area contributed by atoms with Crippen LogP contribution < -0.4 is 5.32 Å². The molecule has 1 aromatic carbocycles. The van der Waals surface area contributed by atoms with Crippen LogP contribution in [-0.2, 0) is 4.74 Å². The fraction of sp³-hybridized carbons (Fsp3) is 0.200. The fourth-order valence-electron chi connectivity index (χ4n) is 1.23. The molecule has 2 rings (SSSR count). The molecule has 2 heteroatoms. The third-order valence-electron chi connectivity index (χ3n) is 1.83. The van der Waals surface area contributed by atoms with Gasteiger partial charge in [-0.2, -0.15) is 0 Å². The summed E-state index contributed by atoms with van der Waals surface area (Å²) in [6.45, 7) is 1.98. The van der Waals surface area contributed by atoms with Crippen molar-refractivity contribution in [1.82, 2.24) is 5.32 Å². The van der Waals surface area contributed by atoms with Crippen molar-refractivity contribution in [3.8, 4) is 0 Å². The Morgan fingerprint density at radius 3 is 2.58 bits per heavy atom. The van der Waals surface area contributed by atoms with Crippen molar-refractivity contribution >= 4 is 5.70 Å². The van der Waals surface area contributed by atoms with Crippen LogP contribution in [0.2, 0.25) is 0 Å². The minimum Gasteiger partial charge on any atom is -0.476 e. The molecular weight excluding hydrogens is 150 g/mol. The van der Waals surface area contributed by atoms with Crippen molar-refractivity contribution in [3.63, 3.8) is 0 Å². The van der Waals surface area contributed by atoms with Gasteiger partial charge < -0.3 is 10.1 Å². The smallest absolute Gasteiger partial charge is 0.166 e. The molecule has 0 bridgehead atoms. The van der Waals surface area contributed by atoms with E-state index in [2.05, 4.69) is 17.4 Å². The topological polar surface area (TPSA) is 21.3 Å². The van der Waals surface area contributed by atoms with E-state index in [9.17, 15) is 0 Å².